The Hall–Kier alpha value is -3.19. The highest BCUT2D eigenvalue weighted by Crippen LogP contribution is 2.28. The molecule has 0 bridgehead atoms. The number of allylic oxidation sites excluding steroid dienone is 1. The Kier molecular flexibility index (Phi) is 5.55. The van der Waals surface area contributed by atoms with Crippen molar-refractivity contribution in [3.05, 3.63) is 77.0 Å². The van der Waals surface area contributed by atoms with E-state index in [2.05, 4.69) is 51.8 Å². The molecule has 0 saturated carbocycles. The van der Waals surface area contributed by atoms with E-state index in [0.29, 0.717) is 18.2 Å². The fourth-order valence-electron chi connectivity index (χ4n) is 3.46. The average molecular weight is 421 g/mol. The molecule has 1 heterocycles. The highest BCUT2D eigenvalue weighted by atomic mass is 32.2. The molecule has 30 heavy (non-hydrogen) atoms. The molecule has 0 fully saturated rings. The number of sulfone groups is 1. The number of benzene rings is 2. The van der Waals surface area contributed by atoms with Gasteiger partial charge < -0.3 is 10.6 Å². The Morgan fingerprint density at radius 1 is 1.03 bits per heavy atom. The molecule has 0 spiro atoms. The van der Waals surface area contributed by atoms with Gasteiger partial charge in [-0.1, -0.05) is 29.8 Å². The van der Waals surface area contributed by atoms with E-state index in [1.165, 1.54) is 23.0 Å². The first kappa shape index (κ1) is 20.1. The first-order valence-corrected chi connectivity index (χ1v) is 11.8. The minimum Gasteiger partial charge on any atom is -0.340 e. The predicted molar refractivity (Wildman–Crippen MR) is 122 cm³/mol. The van der Waals surface area contributed by atoms with Gasteiger partial charge in [-0.2, -0.15) is 4.98 Å². The van der Waals surface area contributed by atoms with Crippen LogP contribution in [0.2, 0.25) is 0 Å². The predicted octanol–water partition coefficient (Wildman–Crippen LogP) is 4.51. The van der Waals surface area contributed by atoms with Crippen LogP contribution >= 0.6 is 0 Å². The maximum atomic E-state index is 11.4. The summed E-state index contributed by atoms with van der Waals surface area (Å²) < 4.78 is 22.8. The largest absolute Gasteiger partial charge is 0.340 e. The van der Waals surface area contributed by atoms with Crippen molar-refractivity contribution in [3.63, 3.8) is 0 Å². The summed E-state index contributed by atoms with van der Waals surface area (Å²) in [6, 6.07) is 15.8. The van der Waals surface area contributed by atoms with Gasteiger partial charge in [0, 0.05) is 23.8 Å². The Morgan fingerprint density at radius 3 is 2.70 bits per heavy atom. The summed E-state index contributed by atoms with van der Waals surface area (Å²) in [5.41, 5.74) is 6.70. The van der Waals surface area contributed by atoms with Gasteiger partial charge in [0.05, 0.1) is 5.75 Å². The van der Waals surface area contributed by atoms with Crippen LogP contribution in [0.1, 0.15) is 23.6 Å². The lowest BCUT2D eigenvalue weighted by Crippen LogP contribution is -2.06. The number of fused-ring (bicyclic) bond motifs is 1. The van der Waals surface area contributed by atoms with E-state index in [4.69, 9.17) is 0 Å². The third-order valence-corrected chi connectivity index (χ3v) is 5.84. The molecule has 0 radical (unpaired) electrons. The van der Waals surface area contributed by atoms with E-state index < -0.39 is 9.84 Å². The van der Waals surface area contributed by atoms with Gasteiger partial charge in [-0.15, -0.1) is 0 Å². The van der Waals surface area contributed by atoms with Crippen LogP contribution in [0.3, 0.4) is 0 Å². The van der Waals surface area contributed by atoms with Crippen molar-refractivity contribution in [1.29, 1.82) is 0 Å². The molecule has 1 aliphatic carbocycles. The van der Waals surface area contributed by atoms with Crippen LogP contribution in [0.5, 0.6) is 0 Å². The molecule has 0 saturated heterocycles. The molecular formula is C23H24N4O2S. The van der Waals surface area contributed by atoms with E-state index in [-0.39, 0.29) is 5.75 Å². The highest BCUT2D eigenvalue weighted by Gasteiger charge is 2.10. The van der Waals surface area contributed by atoms with Gasteiger partial charge in [-0.25, -0.2) is 13.4 Å². The molecule has 1 aromatic heterocycles. The van der Waals surface area contributed by atoms with Gasteiger partial charge in [0.1, 0.15) is 15.7 Å². The quantitative estimate of drug-likeness (QED) is 0.585. The maximum Gasteiger partial charge on any atom is 0.229 e. The van der Waals surface area contributed by atoms with Crippen LogP contribution < -0.4 is 10.6 Å². The molecule has 2 aromatic carbocycles. The molecule has 154 valence electrons. The van der Waals surface area contributed by atoms with E-state index >= 15 is 0 Å². The third kappa shape index (κ3) is 5.24. The Bertz CT molecular complexity index is 1220. The molecule has 0 unspecified atom stereocenters. The zero-order chi connectivity index (χ0) is 21.1. The second kappa shape index (κ2) is 8.28. The van der Waals surface area contributed by atoms with E-state index in [1.807, 2.05) is 30.3 Å². The molecule has 0 atom stereocenters. The summed E-state index contributed by atoms with van der Waals surface area (Å²) in [7, 11) is -2.99. The number of nitrogens with zero attached hydrogens (tertiary/aromatic N) is 2. The third-order valence-electron chi connectivity index (χ3n) is 4.89. The Balaban J connectivity index is 1.46. The highest BCUT2D eigenvalue weighted by molar-refractivity contribution is 7.90. The number of nitrogens with one attached hydrogen (secondary N) is 2. The lowest BCUT2D eigenvalue weighted by Gasteiger charge is -2.10. The number of aryl methyl sites for hydroxylation is 1. The fourth-order valence-corrected chi connectivity index (χ4v) is 4.06. The molecule has 2 N–H and O–H groups in total. The van der Waals surface area contributed by atoms with Crippen molar-refractivity contribution in [2.24, 2.45) is 0 Å². The lowest BCUT2D eigenvalue weighted by atomic mass is 10.1. The molecule has 3 aromatic rings. The molecule has 1 aliphatic rings. The number of rotatable bonds is 7. The Labute approximate surface area is 177 Å². The number of anilines is 4. The molecule has 0 aliphatic heterocycles. The summed E-state index contributed by atoms with van der Waals surface area (Å²) in [4.78, 5) is 8.83. The number of hydrogen-bond acceptors (Lipinski definition) is 6. The SMILES string of the molecule is CC1=Cc2cc(Nc3ccnc(Nc4cccc(CCS(C)(=O)=O)c4)n3)ccc2C1. The maximum absolute atomic E-state index is 11.4. The van der Waals surface area contributed by atoms with Crippen molar-refractivity contribution < 1.29 is 8.42 Å². The van der Waals surface area contributed by atoms with Gasteiger partial charge in [-0.05, 0) is 66.8 Å². The van der Waals surface area contributed by atoms with Gasteiger partial charge in [-0.3, -0.25) is 0 Å². The van der Waals surface area contributed by atoms with Crippen molar-refractivity contribution in [2.45, 2.75) is 19.8 Å². The van der Waals surface area contributed by atoms with Crippen molar-refractivity contribution in [1.82, 2.24) is 9.97 Å². The molecule has 0 amide bonds. The molecule has 7 heteroatoms. The standard InChI is InChI=1S/C23H24N4O2S/c1-16-12-18-6-7-21(15-19(18)13-16)25-22-8-10-24-23(27-22)26-20-5-3-4-17(14-20)9-11-30(2,28)29/h3-8,10,13-15H,9,11-12H2,1-2H3,(H2,24,25,26,27). The van der Waals surface area contributed by atoms with Crippen LogP contribution in [-0.4, -0.2) is 30.4 Å². The van der Waals surface area contributed by atoms with Gasteiger partial charge in [0.2, 0.25) is 5.95 Å². The van der Waals surface area contributed by atoms with Gasteiger partial charge in [0.25, 0.3) is 0 Å². The normalized spacial score (nSPS) is 12.9. The van der Waals surface area contributed by atoms with Crippen LogP contribution in [0.25, 0.3) is 6.08 Å². The topological polar surface area (TPSA) is 84.0 Å². The van der Waals surface area contributed by atoms with Crippen molar-refractivity contribution >= 4 is 39.1 Å². The van der Waals surface area contributed by atoms with E-state index in [9.17, 15) is 8.42 Å². The van der Waals surface area contributed by atoms with E-state index in [1.54, 1.807) is 6.20 Å². The zero-order valence-corrected chi connectivity index (χ0v) is 17.8. The Morgan fingerprint density at radius 2 is 1.87 bits per heavy atom. The minimum absolute atomic E-state index is 0.127. The second-order valence-electron chi connectivity index (χ2n) is 7.68. The monoisotopic (exact) mass is 420 g/mol. The molecule has 4 rings (SSSR count). The summed E-state index contributed by atoms with van der Waals surface area (Å²) in [6.07, 6.45) is 6.65. The second-order valence-corrected chi connectivity index (χ2v) is 9.94. The van der Waals surface area contributed by atoms with Gasteiger partial charge in [0.15, 0.2) is 0 Å². The number of aromatic nitrogens is 2. The summed E-state index contributed by atoms with van der Waals surface area (Å²) in [6.45, 7) is 2.14. The van der Waals surface area contributed by atoms with Crippen LogP contribution in [0.15, 0.2) is 60.3 Å². The summed E-state index contributed by atoms with van der Waals surface area (Å²) >= 11 is 0. The smallest absolute Gasteiger partial charge is 0.229 e. The molecular weight excluding hydrogens is 396 g/mol. The first-order valence-electron chi connectivity index (χ1n) is 9.78. The number of hydrogen-bond donors (Lipinski definition) is 2. The van der Waals surface area contributed by atoms with Crippen LogP contribution in [0, 0.1) is 0 Å². The average Bonchev–Trinajstić information content (AvgIpc) is 3.06. The summed E-state index contributed by atoms with van der Waals surface area (Å²) in [5.74, 6) is 1.29. The van der Waals surface area contributed by atoms with Gasteiger partial charge >= 0.3 is 0 Å². The van der Waals surface area contributed by atoms with Crippen LogP contribution in [-0.2, 0) is 22.7 Å². The zero-order valence-electron chi connectivity index (χ0n) is 17.0. The van der Waals surface area contributed by atoms with Crippen molar-refractivity contribution in [3.8, 4) is 0 Å². The lowest BCUT2D eigenvalue weighted by molar-refractivity contribution is 0.601. The van der Waals surface area contributed by atoms with Crippen LogP contribution in [0.4, 0.5) is 23.1 Å². The van der Waals surface area contributed by atoms with E-state index in [0.717, 1.165) is 23.4 Å². The fraction of sp³-hybridized carbons (Fsp3) is 0.217. The molecule has 6 nitrogen and oxygen atoms in total. The minimum atomic E-state index is -2.99. The summed E-state index contributed by atoms with van der Waals surface area (Å²) in [5, 5.41) is 6.53. The van der Waals surface area contributed by atoms with Crippen molar-refractivity contribution in [2.75, 3.05) is 22.6 Å². The first-order chi connectivity index (χ1) is 14.3.